The molecule has 7 nitrogen and oxygen atoms in total. The van der Waals surface area contributed by atoms with E-state index in [4.69, 9.17) is 25.8 Å². The van der Waals surface area contributed by atoms with Crippen LogP contribution in [0, 0.1) is 0 Å². The van der Waals surface area contributed by atoms with E-state index in [0.717, 1.165) is 5.39 Å². The van der Waals surface area contributed by atoms with Gasteiger partial charge in [-0.3, -0.25) is 0 Å². The first-order valence-electron chi connectivity index (χ1n) is 9.58. The molecule has 1 atom stereocenters. The fourth-order valence-electron chi connectivity index (χ4n) is 2.99. The average Bonchev–Trinajstić information content (AvgIpc) is 2.78. The monoisotopic (exact) mass is 442 g/mol. The van der Waals surface area contributed by atoms with E-state index in [1.807, 2.05) is 12.1 Å². The van der Waals surface area contributed by atoms with E-state index in [2.05, 4.69) is 20.3 Å². The Labute approximate surface area is 183 Å². The molecule has 31 heavy (non-hydrogen) atoms. The number of halogens is 2. The van der Waals surface area contributed by atoms with E-state index in [1.165, 1.54) is 12.4 Å². The maximum atomic E-state index is 13.7. The Hall–Kier alpha value is -3.39. The summed E-state index contributed by atoms with van der Waals surface area (Å²) in [6.45, 7) is 0.627. The minimum Gasteiger partial charge on any atom is -0.493 e. The number of aromatic nitrogens is 3. The van der Waals surface area contributed by atoms with Crippen LogP contribution in [0.1, 0.15) is 6.42 Å². The topological polar surface area (TPSA) is 78.4 Å². The molecule has 1 N–H and O–H groups in total. The Morgan fingerprint density at radius 2 is 2.00 bits per heavy atom. The van der Waals surface area contributed by atoms with Crippen molar-refractivity contribution in [3.63, 3.8) is 0 Å². The highest BCUT2D eigenvalue weighted by Gasteiger charge is 2.24. The average molecular weight is 443 g/mol. The molecule has 1 aromatic carbocycles. The fraction of sp³-hybridized carbons (Fsp3) is 0.227. The molecular formula is C22H20ClFN4O3. The number of nitrogens with zero attached hydrogens (tertiary/aromatic N) is 3. The molecule has 1 aliphatic carbocycles. The van der Waals surface area contributed by atoms with Gasteiger partial charge in [-0.2, -0.15) is 0 Å². The third-order valence-electron chi connectivity index (χ3n) is 4.51. The SMILES string of the molecule is COc1cc2c(NC3=CCC(F)(Cl)C=C3)ncnc2cc1OCCOc1ccccn1. The second-order valence-electron chi connectivity index (χ2n) is 6.69. The number of rotatable bonds is 8. The lowest BCUT2D eigenvalue weighted by Gasteiger charge is -2.18. The van der Waals surface area contributed by atoms with Gasteiger partial charge in [0.25, 0.3) is 0 Å². The van der Waals surface area contributed by atoms with Gasteiger partial charge in [0.2, 0.25) is 11.0 Å². The zero-order chi connectivity index (χ0) is 21.7. The normalized spacial score (nSPS) is 17.8. The van der Waals surface area contributed by atoms with Gasteiger partial charge in [-0.1, -0.05) is 23.7 Å². The maximum absolute atomic E-state index is 13.7. The summed E-state index contributed by atoms with van der Waals surface area (Å²) < 4.78 is 30.6. The summed E-state index contributed by atoms with van der Waals surface area (Å²) in [4.78, 5) is 12.7. The lowest BCUT2D eigenvalue weighted by Crippen LogP contribution is -2.14. The van der Waals surface area contributed by atoms with Crippen molar-refractivity contribution in [1.29, 1.82) is 0 Å². The van der Waals surface area contributed by atoms with Gasteiger partial charge >= 0.3 is 0 Å². The molecule has 0 radical (unpaired) electrons. The van der Waals surface area contributed by atoms with Crippen molar-refractivity contribution in [3.05, 3.63) is 66.8 Å². The smallest absolute Gasteiger partial charge is 0.213 e. The first kappa shape index (κ1) is 20.9. The van der Waals surface area contributed by atoms with Gasteiger partial charge in [0, 0.05) is 35.8 Å². The Balaban J connectivity index is 1.49. The van der Waals surface area contributed by atoms with Crippen LogP contribution in [-0.2, 0) is 0 Å². The summed E-state index contributed by atoms with van der Waals surface area (Å²) in [5.74, 6) is 2.15. The number of methoxy groups -OCH3 is 1. The van der Waals surface area contributed by atoms with Crippen LogP contribution in [0.25, 0.3) is 10.9 Å². The van der Waals surface area contributed by atoms with Crippen LogP contribution in [-0.4, -0.2) is 40.4 Å². The highest BCUT2D eigenvalue weighted by Crippen LogP contribution is 2.35. The van der Waals surface area contributed by atoms with E-state index in [9.17, 15) is 4.39 Å². The summed E-state index contributed by atoms with van der Waals surface area (Å²) in [6.07, 6.45) is 7.74. The highest BCUT2D eigenvalue weighted by molar-refractivity contribution is 6.24. The van der Waals surface area contributed by atoms with E-state index >= 15 is 0 Å². The molecule has 0 bridgehead atoms. The molecular weight excluding hydrogens is 423 g/mol. The van der Waals surface area contributed by atoms with Crippen molar-refractivity contribution in [1.82, 2.24) is 15.0 Å². The number of hydrogen-bond acceptors (Lipinski definition) is 7. The molecule has 0 spiro atoms. The molecule has 0 saturated carbocycles. The van der Waals surface area contributed by atoms with Crippen LogP contribution in [0.5, 0.6) is 17.4 Å². The third-order valence-corrected chi connectivity index (χ3v) is 4.79. The van der Waals surface area contributed by atoms with Gasteiger partial charge in [0.05, 0.1) is 12.6 Å². The maximum Gasteiger partial charge on any atom is 0.213 e. The van der Waals surface area contributed by atoms with E-state index in [-0.39, 0.29) is 6.42 Å². The van der Waals surface area contributed by atoms with Crippen molar-refractivity contribution < 1.29 is 18.6 Å². The van der Waals surface area contributed by atoms with Gasteiger partial charge in [-0.05, 0) is 24.3 Å². The van der Waals surface area contributed by atoms with Gasteiger partial charge in [0.15, 0.2) is 11.5 Å². The number of pyridine rings is 1. The van der Waals surface area contributed by atoms with Crippen LogP contribution < -0.4 is 19.5 Å². The van der Waals surface area contributed by atoms with Crippen molar-refractivity contribution in [2.75, 3.05) is 25.6 Å². The molecule has 0 aliphatic heterocycles. The first-order chi connectivity index (χ1) is 15.0. The lowest BCUT2D eigenvalue weighted by molar-refractivity contribution is 0.207. The van der Waals surface area contributed by atoms with E-state index in [0.29, 0.717) is 47.6 Å². The van der Waals surface area contributed by atoms with Crippen LogP contribution in [0.3, 0.4) is 0 Å². The van der Waals surface area contributed by atoms with Crippen LogP contribution in [0.15, 0.2) is 66.8 Å². The van der Waals surface area contributed by atoms with Crippen molar-refractivity contribution in [3.8, 4) is 17.4 Å². The van der Waals surface area contributed by atoms with Gasteiger partial charge < -0.3 is 19.5 Å². The first-order valence-corrected chi connectivity index (χ1v) is 9.95. The third kappa shape index (κ3) is 5.21. The number of alkyl halides is 2. The quantitative estimate of drug-likeness (QED) is 0.401. The van der Waals surface area contributed by atoms with Crippen LogP contribution in [0.4, 0.5) is 10.2 Å². The Bertz CT molecular complexity index is 1120. The molecule has 2 heterocycles. The second kappa shape index (κ2) is 9.18. The molecule has 1 unspecified atom stereocenters. The summed E-state index contributed by atoms with van der Waals surface area (Å²) in [6, 6.07) is 9.02. The van der Waals surface area contributed by atoms with Crippen molar-refractivity contribution >= 4 is 28.3 Å². The number of anilines is 1. The predicted molar refractivity (Wildman–Crippen MR) is 116 cm³/mol. The Morgan fingerprint density at radius 3 is 2.74 bits per heavy atom. The largest absolute Gasteiger partial charge is 0.493 e. The minimum atomic E-state index is -1.85. The summed E-state index contributed by atoms with van der Waals surface area (Å²) in [5, 5.41) is 2.06. The molecule has 3 aromatic rings. The summed E-state index contributed by atoms with van der Waals surface area (Å²) >= 11 is 5.69. The van der Waals surface area contributed by atoms with Crippen molar-refractivity contribution in [2.24, 2.45) is 0 Å². The predicted octanol–water partition coefficient (Wildman–Crippen LogP) is 4.65. The standard InChI is InChI=1S/C22H20ClFN4O3/c1-29-18-12-16-17(13-19(18)30-10-11-31-20-4-2-3-9-25-20)26-14-27-21(16)28-15-5-7-22(23,24)8-6-15/h2-7,9,12-14H,8,10-11H2,1H3,(H,26,27,28). The molecule has 0 saturated heterocycles. The number of ether oxygens (including phenoxy) is 3. The van der Waals surface area contributed by atoms with Crippen LogP contribution in [0.2, 0.25) is 0 Å². The fourth-order valence-corrected chi connectivity index (χ4v) is 3.13. The summed E-state index contributed by atoms with van der Waals surface area (Å²) in [7, 11) is 1.56. The lowest BCUT2D eigenvalue weighted by atomic mass is 10.1. The van der Waals surface area contributed by atoms with Crippen molar-refractivity contribution in [2.45, 2.75) is 11.5 Å². The van der Waals surface area contributed by atoms with Gasteiger partial charge in [-0.15, -0.1) is 0 Å². The zero-order valence-electron chi connectivity index (χ0n) is 16.7. The van der Waals surface area contributed by atoms with E-state index in [1.54, 1.807) is 43.7 Å². The minimum absolute atomic E-state index is 0.0677. The molecule has 9 heteroatoms. The molecule has 2 aromatic heterocycles. The molecule has 160 valence electrons. The van der Waals surface area contributed by atoms with Gasteiger partial charge in [0.1, 0.15) is 25.4 Å². The molecule has 0 fully saturated rings. The highest BCUT2D eigenvalue weighted by atomic mass is 35.5. The Kier molecular flexibility index (Phi) is 6.18. The van der Waals surface area contributed by atoms with E-state index < -0.39 is 5.13 Å². The van der Waals surface area contributed by atoms with Gasteiger partial charge in [-0.25, -0.2) is 19.3 Å². The molecule has 4 rings (SSSR count). The summed E-state index contributed by atoms with van der Waals surface area (Å²) in [5.41, 5.74) is 1.36. The molecule has 0 amide bonds. The number of benzene rings is 1. The second-order valence-corrected chi connectivity index (χ2v) is 7.32. The zero-order valence-corrected chi connectivity index (χ0v) is 17.5. The number of allylic oxidation sites excluding steroid dienone is 3. The van der Waals surface area contributed by atoms with Crippen LogP contribution >= 0.6 is 11.6 Å². The Morgan fingerprint density at radius 1 is 1.13 bits per heavy atom. The number of hydrogen-bond donors (Lipinski definition) is 1. The molecule has 1 aliphatic rings. The number of fused-ring (bicyclic) bond motifs is 1. The number of nitrogens with one attached hydrogen (secondary N) is 1.